The second-order valence-corrected chi connectivity index (χ2v) is 6.68. The number of likely N-dealkylation sites (tertiary alicyclic amines) is 1. The van der Waals surface area contributed by atoms with Crippen LogP contribution in [0.25, 0.3) is 0 Å². The number of aliphatic hydroxyl groups is 1. The van der Waals surface area contributed by atoms with Gasteiger partial charge in [-0.25, -0.2) is 4.79 Å². The normalized spacial score (nSPS) is 20.2. The first kappa shape index (κ1) is 16.8. The molecule has 1 atom stereocenters. The fourth-order valence-electron chi connectivity index (χ4n) is 2.95. The van der Waals surface area contributed by atoms with E-state index in [0.29, 0.717) is 24.4 Å². The number of carbonyl (C=O) groups excluding carboxylic acids is 1. The summed E-state index contributed by atoms with van der Waals surface area (Å²) in [6, 6.07) is 17.0. The number of rotatable bonds is 4. The fraction of sp³-hybridized carbons (Fsp3) is 0.316. The van der Waals surface area contributed by atoms with E-state index < -0.39 is 5.60 Å². The van der Waals surface area contributed by atoms with E-state index in [9.17, 15) is 9.90 Å². The highest BCUT2D eigenvalue weighted by Crippen LogP contribution is 2.26. The molecule has 2 aromatic carbocycles. The zero-order valence-corrected chi connectivity index (χ0v) is 14.1. The zero-order valence-electron chi connectivity index (χ0n) is 13.3. The molecule has 1 unspecified atom stereocenters. The summed E-state index contributed by atoms with van der Waals surface area (Å²) in [5, 5.41) is 11.4. The van der Waals surface area contributed by atoms with Gasteiger partial charge in [-0.05, 0) is 29.7 Å². The van der Waals surface area contributed by atoms with Crippen LogP contribution in [0.1, 0.15) is 17.5 Å². The molecule has 126 valence electrons. The van der Waals surface area contributed by atoms with Gasteiger partial charge in [0, 0.05) is 18.0 Å². The summed E-state index contributed by atoms with van der Waals surface area (Å²) >= 11 is 5.88. The third kappa shape index (κ3) is 4.28. The molecular formula is C19H20ClNO3. The van der Waals surface area contributed by atoms with Gasteiger partial charge < -0.3 is 14.7 Å². The largest absolute Gasteiger partial charge is 0.445 e. The van der Waals surface area contributed by atoms with Crippen molar-refractivity contribution in [1.82, 2.24) is 4.90 Å². The average molecular weight is 346 g/mol. The van der Waals surface area contributed by atoms with Crippen LogP contribution < -0.4 is 0 Å². The molecule has 2 aromatic rings. The Morgan fingerprint density at radius 1 is 1.12 bits per heavy atom. The van der Waals surface area contributed by atoms with Crippen LogP contribution in [0.3, 0.4) is 0 Å². The van der Waals surface area contributed by atoms with Crippen molar-refractivity contribution in [2.75, 3.05) is 13.1 Å². The summed E-state index contributed by atoms with van der Waals surface area (Å²) in [5.41, 5.74) is 1.03. The highest BCUT2D eigenvalue weighted by Gasteiger charge is 2.38. The van der Waals surface area contributed by atoms with Crippen LogP contribution in [0.2, 0.25) is 5.02 Å². The lowest BCUT2D eigenvalue weighted by molar-refractivity contribution is 0.0438. The van der Waals surface area contributed by atoms with Crippen molar-refractivity contribution >= 4 is 17.7 Å². The molecule has 1 heterocycles. The number of amides is 1. The Morgan fingerprint density at radius 3 is 2.54 bits per heavy atom. The number of β-amino-alcohol motifs (C(OH)–C–C–N with tert-alkyl or cyclic N) is 1. The Labute approximate surface area is 146 Å². The summed E-state index contributed by atoms with van der Waals surface area (Å²) in [4.78, 5) is 13.7. The summed E-state index contributed by atoms with van der Waals surface area (Å²) in [5.74, 6) is 0. The summed E-state index contributed by atoms with van der Waals surface area (Å²) in [6.07, 6.45) is 0.647. The molecule has 0 aromatic heterocycles. The second kappa shape index (κ2) is 7.24. The van der Waals surface area contributed by atoms with E-state index in [0.717, 1.165) is 11.1 Å². The smallest absolute Gasteiger partial charge is 0.410 e. The number of benzene rings is 2. The molecule has 5 heteroatoms. The molecule has 0 spiro atoms. The van der Waals surface area contributed by atoms with Gasteiger partial charge in [-0.3, -0.25) is 0 Å². The maximum atomic E-state index is 12.2. The van der Waals surface area contributed by atoms with Crippen molar-refractivity contribution in [1.29, 1.82) is 0 Å². The summed E-state index contributed by atoms with van der Waals surface area (Å²) in [7, 11) is 0. The molecule has 1 fully saturated rings. The Morgan fingerprint density at radius 2 is 1.83 bits per heavy atom. The van der Waals surface area contributed by atoms with Crippen molar-refractivity contribution in [3.05, 3.63) is 70.7 Å². The van der Waals surface area contributed by atoms with Gasteiger partial charge >= 0.3 is 6.09 Å². The van der Waals surface area contributed by atoms with Crippen LogP contribution in [0.5, 0.6) is 0 Å². The first-order valence-electron chi connectivity index (χ1n) is 7.97. The van der Waals surface area contributed by atoms with Gasteiger partial charge in [0.1, 0.15) is 6.61 Å². The highest BCUT2D eigenvalue weighted by molar-refractivity contribution is 6.30. The predicted octanol–water partition coefficient (Wildman–Crippen LogP) is 3.66. The van der Waals surface area contributed by atoms with Crippen LogP contribution in [-0.2, 0) is 17.8 Å². The minimum Gasteiger partial charge on any atom is -0.445 e. The number of carbonyl (C=O) groups is 1. The van der Waals surface area contributed by atoms with Crippen molar-refractivity contribution in [3.63, 3.8) is 0 Å². The number of hydrogen-bond donors (Lipinski definition) is 1. The van der Waals surface area contributed by atoms with E-state index in [-0.39, 0.29) is 19.2 Å². The van der Waals surface area contributed by atoms with Crippen LogP contribution in [0.4, 0.5) is 4.79 Å². The number of ether oxygens (including phenoxy) is 1. The summed E-state index contributed by atoms with van der Waals surface area (Å²) in [6.45, 7) is 1.02. The molecule has 0 aliphatic carbocycles. The molecule has 3 rings (SSSR count). The first-order valence-corrected chi connectivity index (χ1v) is 8.34. The molecule has 1 amide bonds. The van der Waals surface area contributed by atoms with Gasteiger partial charge in [-0.15, -0.1) is 0 Å². The number of halogens is 1. The van der Waals surface area contributed by atoms with Crippen molar-refractivity contribution < 1.29 is 14.6 Å². The summed E-state index contributed by atoms with van der Waals surface area (Å²) < 4.78 is 5.33. The molecule has 1 aliphatic rings. The lowest BCUT2D eigenvalue weighted by atomic mass is 9.94. The van der Waals surface area contributed by atoms with E-state index in [2.05, 4.69) is 0 Å². The van der Waals surface area contributed by atoms with Gasteiger partial charge in [-0.1, -0.05) is 54.1 Å². The average Bonchev–Trinajstić information content (AvgIpc) is 2.98. The second-order valence-electron chi connectivity index (χ2n) is 6.24. The van der Waals surface area contributed by atoms with Crippen LogP contribution in [0.15, 0.2) is 54.6 Å². The molecule has 1 saturated heterocycles. The lowest BCUT2D eigenvalue weighted by Crippen LogP contribution is -2.37. The zero-order chi connectivity index (χ0) is 17.0. The molecule has 4 nitrogen and oxygen atoms in total. The molecule has 0 bridgehead atoms. The van der Waals surface area contributed by atoms with Gasteiger partial charge in [0.15, 0.2) is 0 Å². The Hall–Kier alpha value is -2.04. The standard InChI is InChI=1S/C19H20ClNO3/c20-17-8-6-15(7-9-17)12-19(23)10-11-21(14-19)18(22)24-13-16-4-2-1-3-5-16/h1-9,23H,10-14H2. The number of nitrogens with zero attached hydrogens (tertiary/aromatic N) is 1. The minimum absolute atomic E-state index is 0.242. The fourth-order valence-corrected chi connectivity index (χ4v) is 3.08. The van der Waals surface area contributed by atoms with Crippen molar-refractivity contribution in [2.24, 2.45) is 0 Å². The third-order valence-corrected chi connectivity index (χ3v) is 4.49. The van der Waals surface area contributed by atoms with E-state index in [1.165, 1.54) is 0 Å². The Balaban J connectivity index is 1.53. The first-order chi connectivity index (χ1) is 11.5. The van der Waals surface area contributed by atoms with Crippen LogP contribution in [-0.4, -0.2) is 34.8 Å². The van der Waals surface area contributed by atoms with Crippen LogP contribution in [0, 0.1) is 0 Å². The maximum Gasteiger partial charge on any atom is 0.410 e. The van der Waals surface area contributed by atoms with E-state index in [1.54, 1.807) is 17.0 Å². The molecule has 0 radical (unpaired) electrons. The third-order valence-electron chi connectivity index (χ3n) is 4.24. The van der Waals surface area contributed by atoms with E-state index >= 15 is 0 Å². The number of hydrogen-bond acceptors (Lipinski definition) is 3. The molecular weight excluding hydrogens is 326 g/mol. The lowest BCUT2D eigenvalue weighted by Gasteiger charge is -2.23. The Kier molecular flexibility index (Phi) is 5.07. The molecule has 24 heavy (non-hydrogen) atoms. The van der Waals surface area contributed by atoms with Gasteiger partial charge in [0.05, 0.1) is 12.1 Å². The van der Waals surface area contributed by atoms with E-state index in [4.69, 9.17) is 16.3 Å². The highest BCUT2D eigenvalue weighted by atomic mass is 35.5. The predicted molar refractivity (Wildman–Crippen MR) is 92.9 cm³/mol. The monoisotopic (exact) mass is 345 g/mol. The van der Waals surface area contributed by atoms with Crippen molar-refractivity contribution in [3.8, 4) is 0 Å². The van der Waals surface area contributed by atoms with Crippen LogP contribution >= 0.6 is 11.6 Å². The van der Waals surface area contributed by atoms with E-state index in [1.807, 2.05) is 42.5 Å². The Bertz CT molecular complexity index is 690. The van der Waals surface area contributed by atoms with Gasteiger partial charge in [0.25, 0.3) is 0 Å². The quantitative estimate of drug-likeness (QED) is 0.920. The van der Waals surface area contributed by atoms with Gasteiger partial charge in [0.2, 0.25) is 0 Å². The molecule has 1 aliphatic heterocycles. The SMILES string of the molecule is O=C(OCc1ccccc1)N1CCC(O)(Cc2ccc(Cl)cc2)C1. The maximum absolute atomic E-state index is 12.2. The van der Waals surface area contributed by atoms with Gasteiger partial charge in [-0.2, -0.15) is 0 Å². The molecule has 0 saturated carbocycles. The minimum atomic E-state index is -0.917. The topological polar surface area (TPSA) is 49.8 Å². The molecule has 1 N–H and O–H groups in total. The van der Waals surface area contributed by atoms with Crippen molar-refractivity contribution in [2.45, 2.75) is 25.0 Å².